The van der Waals surface area contributed by atoms with E-state index in [9.17, 15) is 4.79 Å². The van der Waals surface area contributed by atoms with Gasteiger partial charge in [-0.3, -0.25) is 4.79 Å². The van der Waals surface area contributed by atoms with Crippen LogP contribution in [0.25, 0.3) is 0 Å². The maximum atomic E-state index is 12.0. The zero-order valence-corrected chi connectivity index (χ0v) is 9.27. The van der Waals surface area contributed by atoms with Crippen LogP contribution in [0, 0.1) is 0 Å². The van der Waals surface area contributed by atoms with Crippen molar-refractivity contribution in [2.45, 2.75) is 23.6 Å². The van der Waals surface area contributed by atoms with Crippen LogP contribution in [0.4, 0.5) is 0 Å². The van der Waals surface area contributed by atoms with Crippen molar-refractivity contribution in [3.8, 4) is 0 Å². The van der Waals surface area contributed by atoms with Crippen LogP contribution in [0.3, 0.4) is 0 Å². The SMILES string of the molecule is O=C(N1CCNCC1)C1(Br)CCC1. The third-order valence-electron chi connectivity index (χ3n) is 2.93. The number of nitrogens with one attached hydrogen (secondary N) is 1. The summed E-state index contributed by atoms with van der Waals surface area (Å²) < 4.78 is -0.190. The summed E-state index contributed by atoms with van der Waals surface area (Å²) in [5.41, 5.74) is 0. The van der Waals surface area contributed by atoms with Crippen LogP contribution in [0.15, 0.2) is 0 Å². The molecule has 1 aliphatic heterocycles. The van der Waals surface area contributed by atoms with E-state index >= 15 is 0 Å². The highest BCUT2D eigenvalue weighted by molar-refractivity contribution is 9.10. The summed E-state index contributed by atoms with van der Waals surface area (Å²) in [6.45, 7) is 3.61. The molecule has 0 radical (unpaired) electrons. The minimum Gasteiger partial charge on any atom is -0.339 e. The van der Waals surface area contributed by atoms with E-state index in [4.69, 9.17) is 0 Å². The first-order valence-corrected chi connectivity index (χ1v) is 5.71. The van der Waals surface area contributed by atoms with Gasteiger partial charge in [0.15, 0.2) is 0 Å². The fraction of sp³-hybridized carbons (Fsp3) is 0.889. The lowest BCUT2D eigenvalue weighted by molar-refractivity contribution is -0.136. The fourth-order valence-electron chi connectivity index (χ4n) is 1.85. The first kappa shape index (κ1) is 9.46. The molecule has 1 heterocycles. The molecule has 0 unspecified atom stereocenters. The predicted molar refractivity (Wildman–Crippen MR) is 55.0 cm³/mol. The van der Waals surface area contributed by atoms with Crippen molar-refractivity contribution in [2.75, 3.05) is 26.2 Å². The molecule has 2 aliphatic rings. The zero-order valence-electron chi connectivity index (χ0n) is 7.68. The molecule has 0 bridgehead atoms. The maximum Gasteiger partial charge on any atom is 0.239 e. The van der Waals surface area contributed by atoms with E-state index in [0.717, 1.165) is 39.0 Å². The molecule has 0 aromatic rings. The van der Waals surface area contributed by atoms with Gasteiger partial charge in [0, 0.05) is 26.2 Å². The molecule has 4 heteroatoms. The summed E-state index contributed by atoms with van der Waals surface area (Å²) in [5.74, 6) is 0.306. The van der Waals surface area contributed by atoms with Gasteiger partial charge in [-0.15, -0.1) is 0 Å². The van der Waals surface area contributed by atoms with Crippen molar-refractivity contribution in [1.82, 2.24) is 10.2 Å². The van der Waals surface area contributed by atoms with Crippen LogP contribution in [0.1, 0.15) is 19.3 Å². The molecule has 1 saturated carbocycles. The van der Waals surface area contributed by atoms with Gasteiger partial charge in [0.2, 0.25) is 5.91 Å². The molecule has 0 aromatic carbocycles. The number of piperazine rings is 1. The van der Waals surface area contributed by atoms with E-state index < -0.39 is 0 Å². The number of hydrogen-bond donors (Lipinski definition) is 1. The average molecular weight is 247 g/mol. The van der Waals surface area contributed by atoms with Crippen LogP contribution in [-0.2, 0) is 4.79 Å². The van der Waals surface area contributed by atoms with Crippen LogP contribution < -0.4 is 5.32 Å². The lowest BCUT2D eigenvalue weighted by atomic mass is 9.84. The van der Waals surface area contributed by atoms with Crippen LogP contribution in [0.5, 0.6) is 0 Å². The van der Waals surface area contributed by atoms with Gasteiger partial charge in [-0.2, -0.15) is 0 Å². The van der Waals surface area contributed by atoms with Crippen molar-refractivity contribution in [1.29, 1.82) is 0 Å². The van der Waals surface area contributed by atoms with Gasteiger partial charge in [-0.05, 0) is 19.3 Å². The van der Waals surface area contributed by atoms with E-state index in [0.29, 0.717) is 5.91 Å². The molecule has 1 aliphatic carbocycles. The van der Waals surface area contributed by atoms with Gasteiger partial charge in [0.25, 0.3) is 0 Å². The van der Waals surface area contributed by atoms with Crippen LogP contribution >= 0.6 is 15.9 Å². The molecule has 0 atom stereocenters. The molecule has 2 rings (SSSR count). The molecular formula is C9H15BrN2O. The summed E-state index contributed by atoms with van der Waals surface area (Å²) in [5, 5.41) is 3.25. The van der Waals surface area contributed by atoms with Gasteiger partial charge in [0.1, 0.15) is 4.32 Å². The Bertz CT molecular complexity index is 210. The van der Waals surface area contributed by atoms with Gasteiger partial charge in [-0.1, -0.05) is 15.9 Å². The third-order valence-corrected chi connectivity index (χ3v) is 4.07. The van der Waals surface area contributed by atoms with Crippen LogP contribution in [0.2, 0.25) is 0 Å². The predicted octanol–water partition coefficient (Wildman–Crippen LogP) is 0.736. The smallest absolute Gasteiger partial charge is 0.239 e. The van der Waals surface area contributed by atoms with Crippen molar-refractivity contribution >= 4 is 21.8 Å². The molecule has 1 amide bonds. The van der Waals surface area contributed by atoms with Crippen molar-refractivity contribution in [2.24, 2.45) is 0 Å². The van der Waals surface area contributed by atoms with Gasteiger partial charge in [0.05, 0.1) is 0 Å². The molecule has 0 spiro atoms. The Morgan fingerprint density at radius 3 is 2.38 bits per heavy atom. The molecule has 2 fully saturated rings. The molecule has 13 heavy (non-hydrogen) atoms. The van der Waals surface area contributed by atoms with E-state index in [1.807, 2.05) is 4.90 Å². The van der Waals surface area contributed by atoms with Crippen molar-refractivity contribution in [3.05, 3.63) is 0 Å². The minimum atomic E-state index is -0.190. The van der Waals surface area contributed by atoms with Gasteiger partial charge in [-0.25, -0.2) is 0 Å². The summed E-state index contributed by atoms with van der Waals surface area (Å²) in [6, 6.07) is 0. The normalized spacial score (nSPS) is 26.7. The number of amides is 1. The first-order valence-electron chi connectivity index (χ1n) is 4.91. The zero-order chi connectivity index (χ0) is 9.31. The number of hydrogen-bond acceptors (Lipinski definition) is 2. The Morgan fingerprint density at radius 2 is 1.92 bits per heavy atom. The summed E-state index contributed by atoms with van der Waals surface area (Å²) in [7, 11) is 0. The molecule has 0 aromatic heterocycles. The van der Waals surface area contributed by atoms with E-state index in [1.165, 1.54) is 6.42 Å². The third kappa shape index (κ3) is 1.74. The lowest BCUT2D eigenvalue weighted by Gasteiger charge is -2.40. The molecule has 74 valence electrons. The number of carbonyl (C=O) groups is 1. The summed E-state index contributed by atoms with van der Waals surface area (Å²) >= 11 is 3.56. The molecule has 3 nitrogen and oxygen atoms in total. The first-order chi connectivity index (χ1) is 6.22. The van der Waals surface area contributed by atoms with Crippen molar-refractivity contribution < 1.29 is 4.79 Å². The molecular weight excluding hydrogens is 232 g/mol. The Kier molecular flexibility index (Phi) is 2.60. The highest BCUT2D eigenvalue weighted by Gasteiger charge is 2.43. The van der Waals surface area contributed by atoms with Crippen LogP contribution in [-0.4, -0.2) is 41.3 Å². The Balaban J connectivity index is 1.95. The van der Waals surface area contributed by atoms with Crippen molar-refractivity contribution in [3.63, 3.8) is 0 Å². The van der Waals surface area contributed by atoms with E-state index in [2.05, 4.69) is 21.2 Å². The highest BCUT2D eigenvalue weighted by Crippen LogP contribution is 2.41. The fourth-order valence-corrected chi connectivity index (χ4v) is 2.66. The highest BCUT2D eigenvalue weighted by atomic mass is 79.9. The number of nitrogens with zero attached hydrogens (tertiary/aromatic N) is 1. The monoisotopic (exact) mass is 246 g/mol. The van der Waals surface area contributed by atoms with E-state index in [-0.39, 0.29) is 4.32 Å². The maximum absolute atomic E-state index is 12.0. The molecule has 1 N–H and O–H groups in total. The summed E-state index contributed by atoms with van der Waals surface area (Å²) in [4.78, 5) is 13.9. The summed E-state index contributed by atoms with van der Waals surface area (Å²) in [6.07, 6.45) is 3.20. The quantitative estimate of drug-likeness (QED) is 0.693. The van der Waals surface area contributed by atoms with Gasteiger partial charge < -0.3 is 10.2 Å². The second kappa shape index (κ2) is 3.58. The Hall–Kier alpha value is -0.0900. The second-order valence-corrected chi connectivity index (χ2v) is 5.38. The Morgan fingerprint density at radius 1 is 1.31 bits per heavy atom. The molecule has 1 saturated heterocycles. The Labute approximate surface area is 87.0 Å². The number of halogens is 1. The topological polar surface area (TPSA) is 32.3 Å². The minimum absolute atomic E-state index is 0.190. The van der Waals surface area contributed by atoms with E-state index in [1.54, 1.807) is 0 Å². The second-order valence-electron chi connectivity index (χ2n) is 3.86. The largest absolute Gasteiger partial charge is 0.339 e. The average Bonchev–Trinajstić information content (AvgIpc) is 2.14. The lowest BCUT2D eigenvalue weighted by Crippen LogP contribution is -2.54. The number of rotatable bonds is 1. The standard InChI is InChI=1S/C9H15BrN2O/c10-9(2-1-3-9)8(13)12-6-4-11-5-7-12/h11H,1-7H2. The van der Waals surface area contributed by atoms with Gasteiger partial charge >= 0.3 is 0 Å². The number of carbonyl (C=O) groups excluding carboxylic acids is 1. The number of alkyl halides is 1.